The highest BCUT2D eigenvalue weighted by molar-refractivity contribution is 5.58. The Balaban J connectivity index is 2.35. The number of ether oxygens (including phenoxy) is 1. The molecule has 1 aliphatic rings. The first kappa shape index (κ1) is 13.7. The van der Waals surface area contributed by atoms with Gasteiger partial charge < -0.3 is 20.7 Å². The minimum absolute atomic E-state index is 0.0904. The fourth-order valence-corrected chi connectivity index (χ4v) is 1.95. The molecule has 4 N–H and O–H groups in total. The molecule has 3 atom stereocenters. The molecule has 1 aromatic heterocycles. The molecule has 0 spiro atoms. The molecule has 19 heavy (non-hydrogen) atoms. The van der Waals surface area contributed by atoms with E-state index in [0.717, 1.165) is 10.6 Å². The van der Waals surface area contributed by atoms with Crippen molar-refractivity contribution in [2.24, 2.45) is 0 Å². The molecule has 2 rings (SSSR count). The zero-order chi connectivity index (χ0) is 14.0. The maximum Gasteiger partial charge on any atom is 0.351 e. The average Bonchev–Trinajstić information content (AvgIpc) is 2.74. The summed E-state index contributed by atoms with van der Waals surface area (Å²) >= 11 is 0. The van der Waals surface area contributed by atoms with Crippen LogP contribution in [0.1, 0.15) is 18.2 Å². The van der Waals surface area contributed by atoms with Crippen LogP contribution >= 0.6 is 0 Å². The van der Waals surface area contributed by atoms with Crippen LogP contribution in [-0.4, -0.2) is 38.6 Å². The highest BCUT2D eigenvalue weighted by atomic mass is 19.1. The molecule has 0 radical (unpaired) electrons. The summed E-state index contributed by atoms with van der Waals surface area (Å²) in [7, 11) is 0. The molecule has 1 fully saturated rings. The Bertz CT molecular complexity index is 545. The highest BCUT2D eigenvalue weighted by Gasteiger charge is 2.35. The molecular weight excluding hydrogens is 257 g/mol. The van der Waals surface area contributed by atoms with E-state index in [2.05, 4.69) is 4.98 Å². The quantitative estimate of drug-likeness (QED) is 0.677. The van der Waals surface area contributed by atoms with Crippen molar-refractivity contribution in [2.75, 3.05) is 12.3 Å². The second-order valence-corrected chi connectivity index (χ2v) is 4.18. The Kier molecular flexibility index (Phi) is 3.93. The van der Waals surface area contributed by atoms with Crippen LogP contribution in [0.25, 0.3) is 6.08 Å². The lowest BCUT2D eigenvalue weighted by atomic mass is 10.2. The van der Waals surface area contributed by atoms with Gasteiger partial charge in [-0.3, -0.25) is 4.57 Å². The summed E-state index contributed by atoms with van der Waals surface area (Å²) in [5, 5.41) is 18.6. The van der Waals surface area contributed by atoms with Crippen LogP contribution < -0.4 is 11.4 Å². The normalized spacial score (nSPS) is 27.2. The van der Waals surface area contributed by atoms with E-state index >= 15 is 0 Å². The van der Waals surface area contributed by atoms with E-state index < -0.39 is 24.1 Å². The summed E-state index contributed by atoms with van der Waals surface area (Å²) < 4.78 is 18.6. The fourth-order valence-electron chi connectivity index (χ4n) is 1.95. The van der Waals surface area contributed by atoms with Crippen LogP contribution in [0.4, 0.5) is 10.2 Å². The number of aliphatic hydroxyl groups excluding tert-OH is 2. The Morgan fingerprint density at radius 3 is 3.00 bits per heavy atom. The first-order valence-corrected chi connectivity index (χ1v) is 5.66. The predicted octanol–water partition coefficient (Wildman–Crippen LogP) is -0.594. The molecule has 0 amide bonds. The molecule has 104 valence electrons. The van der Waals surface area contributed by atoms with Gasteiger partial charge in [-0.15, -0.1) is 0 Å². The van der Waals surface area contributed by atoms with Gasteiger partial charge in [0.15, 0.2) is 0 Å². The molecule has 7 nitrogen and oxygen atoms in total. The second-order valence-electron chi connectivity index (χ2n) is 4.18. The molecule has 8 heteroatoms. The lowest BCUT2D eigenvalue weighted by Gasteiger charge is -2.15. The molecule has 0 saturated carbocycles. The van der Waals surface area contributed by atoms with Gasteiger partial charge >= 0.3 is 5.69 Å². The number of rotatable bonds is 3. The number of halogens is 1. The largest absolute Gasteiger partial charge is 0.394 e. The minimum atomic E-state index is -0.875. The van der Waals surface area contributed by atoms with Crippen LogP contribution in [-0.2, 0) is 4.74 Å². The number of anilines is 1. The number of nitrogens with two attached hydrogens (primary N) is 1. The average molecular weight is 271 g/mol. The number of aliphatic hydroxyl groups is 2. The van der Waals surface area contributed by atoms with Crippen molar-refractivity contribution in [3.63, 3.8) is 0 Å². The summed E-state index contributed by atoms with van der Waals surface area (Å²) in [5.74, 6) is -0.0904. The third kappa shape index (κ3) is 2.65. The van der Waals surface area contributed by atoms with Crippen molar-refractivity contribution in [2.45, 2.75) is 24.9 Å². The fraction of sp³-hybridized carbons (Fsp3) is 0.455. The van der Waals surface area contributed by atoms with Gasteiger partial charge in [-0.1, -0.05) is 0 Å². The van der Waals surface area contributed by atoms with Crippen LogP contribution in [0.5, 0.6) is 0 Å². The SMILES string of the molecule is Nc1nc(=O)n([C@H]2C[C@H](O)[C@@H](CO)O2)cc1C=CF. The van der Waals surface area contributed by atoms with Gasteiger partial charge in [0.05, 0.1) is 19.0 Å². The standard InChI is InChI=1S/C11H14FN3O4/c12-2-1-6-4-15(11(18)14-10(6)13)9-3-7(17)8(5-16)19-9/h1-2,4,7-9,16-17H,3,5H2,(H2,13,14,18)/t7-,8+,9+/m0/s1. The molecule has 1 saturated heterocycles. The zero-order valence-electron chi connectivity index (χ0n) is 9.94. The van der Waals surface area contributed by atoms with Gasteiger partial charge in [-0.2, -0.15) is 4.98 Å². The highest BCUT2D eigenvalue weighted by Crippen LogP contribution is 2.27. The van der Waals surface area contributed by atoms with E-state index in [0.29, 0.717) is 0 Å². The van der Waals surface area contributed by atoms with Gasteiger partial charge in [0, 0.05) is 18.2 Å². The van der Waals surface area contributed by atoms with Crippen molar-refractivity contribution < 1.29 is 19.3 Å². The van der Waals surface area contributed by atoms with Crippen LogP contribution in [0.15, 0.2) is 17.3 Å². The van der Waals surface area contributed by atoms with Crippen molar-refractivity contribution in [1.82, 2.24) is 9.55 Å². The van der Waals surface area contributed by atoms with Crippen molar-refractivity contribution in [3.8, 4) is 0 Å². The predicted molar refractivity (Wildman–Crippen MR) is 64.7 cm³/mol. The molecule has 1 aromatic rings. The van der Waals surface area contributed by atoms with E-state index in [4.69, 9.17) is 15.6 Å². The maximum atomic E-state index is 12.2. The monoisotopic (exact) mass is 271 g/mol. The molecule has 1 aliphatic heterocycles. The Labute approximate surface area is 107 Å². The minimum Gasteiger partial charge on any atom is -0.394 e. The first-order chi connectivity index (χ1) is 9.06. The van der Waals surface area contributed by atoms with E-state index in [1.165, 1.54) is 6.20 Å². The topological polar surface area (TPSA) is 111 Å². The molecule has 0 aromatic carbocycles. The summed E-state index contributed by atoms with van der Waals surface area (Å²) in [4.78, 5) is 15.3. The summed E-state index contributed by atoms with van der Waals surface area (Å²) in [5.41, 5.74) is 5.05. The summed E-state index contributed by atoms with van der Waals surface area (Å²) in [6, 6.07) is 0. The molecular formula is C11H14FN3O4. The number of nitrogen functional groups attached to an aromatic ring is 1. The van der Waals surface area contributed by atoms with Crippen LogP contribution in [0.3, 0.4) is 0 Å². The smallest absolute Gasteiger partial charge is 0.351 e. The Hall–Kier alpha value is -1.77. The van der Waals surface area contributed by atoms with Gasteiger partial charge in [-0.25, -0.2) is 9.18 Å². The zero-order valence-corrected chi connectivity index (χ0v) is 9.94. The third-order valence-electron chi connectivity index (χ3n) is 2.95. The lowest BCUT2D eigenvalue weighted by Crippen LogP contribution is -2.28. The third-order valence-corrected chi connectivity index (χ3v) is 2.95. The number of hydrogen-bond donors (Lipinski definition) is 3. The molecule has 0 unspecified atom stereocenters. The maximum absolute atomic E-state index is 12.2. The first-order valence-electron chi connectivity index (χ1n) is 5.66. The van der Waals surface area contributed by atoms with Crippen LogP contribution in [0.2, 0.25) is 0 Å². The van der Waals surface area contributed by atoms with E-state index in [1.54, 1.807) is 0 Å². The van der Waals surface area contributed by atoms with Crippen LogP contribution in [0, 0.1) is 0 Å². The van der Waals surface area contributed by atoms with E-state index in [1.807, 2.05) is 0 Å². The van der Waals surface area contributed by atoms with Gasteiger partial charge in [-0.05, 0) is 6.08 Å². The van der Waals surface area contributed by atoms with E-state index in [-0.39, 0.29) is 30.7 Å². The molecule has 0 bridgehead atoms. The number of aromatic nitrogens is 2. The number of hydrogen-bond acceptors (Lipinski definition) is 6. The summed E-state index contributed by atoms with van der Waals surface area (Å²) in [6.07, 6.45) is 0.387. The summed E-state index contributed by atoms with van der Waals surface area (Å²) in [6.45, 7) is -0.355. The lowest BCUT2D eigenvalue weighted by molar-refractivity contribution is -0.0458. The van der Waals surface area contributed by atoms with Gasteiger partial charge in [0.2, 0.25) is 0 Å². The van der Waals surface area contributed by atoms with Gasteiger partial charge in [0.25, 0.3) is 0 Å². The van der Waals surface area contributed by atoms with Crippen molar-refractivity contribution >= 4 is 11.9 Å². The Morgan fingerprint density at radius 1 is 1.68 bits per heavy atom. The van der Waals surface area contributed by atoms with Gasteiger partial charge in [0.1, 0.15) is 18.1 Å². The second kappa shape index (κ2) is 5.47. The van der Waals surface area contributed by atoms with Crippen molar-refractivity contribution in [1.29, 1.82) is 0 Å². The molecule has 2 heterocycles. The van der Waals surface area contributed by atoms with Crippen molar-refractivity contribution in [3.05, 3.63) is 28.6 Å². The van der Waals surface area contributed by atoms with E-state index in [9.17, 15) is 14.3 Å². The Morgan fingerprint density at radius 2 is 2.42 bits per heavy atom. The molecule has 0 aliphatic carbocycles. The number of nitrogens with zero attached hydrogens (tertiary/aromatic N) is 2.